The second-order valence-electron chi connectivity index (χ2n) is 9.64. The number of nitrogens with one attached hydrogen (secondary N) is 1. The second-order valence-corrected chi connectivity index (χ2v) is 9.64. The van der Waals surface area contributed by atoms with Crippen molar-refractivity contribution >= 4 is 49.6 Å². The van der Waals surface area contributed by atoms with Crippen LogP contribution in [0.2, 0.25) is 0 Å². The van der Waals surface area contributed by atoms with E-state index in [0.29, 0.717) is 5.56 Å². The van der Waals surface area contributed by atoms with Crippen LogP contribution < -0.4 is 5.32 Å². The zero-order valence-corrected chi connectivity index (χ0v) is 20.3. The lowest BCUT2D eigenvalue weighted by atomic mass is 10.1. The number of amidine groups is 1. The van der Waals surface area contributed by atoms with Crippen molar-refractivity contribution in [3.8, 4) is 6.07 Å². The van der Waals surface area contributed by atoms with Gasteiger partial charge in [0, 0.05) is 27.1 Å². The topological polar surface area (TPSA) is 56.9 Å². The largest absolute Gasteiger partial charge is 0.456 e. The highest BCUT2D eigenvalue weighted by molar-refractivity contribution is 6.16. The summed E-state index contributed by atoms with van der Waals surface area (Å²) in [4.78, 5) is 0. The van der Waals surface area contributed by atoms with E-state index in [1.807, 2.05) is 36.4 Å². The minimum absolute atomic E-state index is 0.144. The van der Waals surface area contributed by atoms with E-state index in [9.17, 15) is 5.26 Å². The van der Waals surface area contributed by atoms with Gasteiger partial charge in [0.1, 0.15) is 11.2 Å². The maximum absolute atomic E-state index is 9.56. The number of benzene rings is 5. The molecule has 1 N–H and O–H groups in total. The Kier molecular flexibility index (Phi) is 4.29. The number of hydrogen-bond donors (Lipinski definition) is 1. The highest BCUT2D eigenvalue weighted by Crippen LogP contribution is 2.38. The van der Waals surface area contributed by atoms with Crippen molar-refractivity contribution in [3.05, 3.63) is 132 Å². The molecule has 1 aliphatic heterocycles. The Morgan fingerprint density at radius 2 is 1.47 bits per heavy atom. The minimum Gasteiger partial charge on any atom is -0.456 e. The van der Waals surface area contributed by atoms with E-state index in [1.165, 1.54) is 0 Å². The van der Waals surface area contributed by atoms with Crippen molar-refractivity contribution in [1.82, 2.24) is 9.99 Å². The summed E-state index contributed by atoms with van der Waals surface area (Å²) in [5.41, 5.74) is 6.75. The Labute approximate surface area is 218 Å². The number of rotatable bonds is 3. The molecule has 0 saturated heterocycles. The molecule has 8 rings (SSSR count). The fourth-order valence-corrected chi connectivity index (χ4v) is 5.75. The highest BCUT2D eigenvalue weighted by Gasteiger charge is 2.42. The van der Waals surface area contributed by atoms with Gasteiger partial charge in [-0.2, -0.15) is 9.94 Å². The lowest BCUT2D eigenvalue weighted by molar-refractivity contribution is -0.652. The van der Waals surface area contributed by atoms with Crippen molar-refractivity contribution in [2.75, 3.05) is 0 Å². The van der Waals surface area contributed by atoms with Gasteiger partial charge in [0.05, 0.1) is 28.2 Å². The normalized spacial score (nSPS) is 15.2. The molecule has 0 amide bonds. The van der Waals surface area contributed by atoms with Gasteiger partial charge in [-0.1, -0.05) is 66.7 Å². The van der Waals surface area contributed by atoms with Gasteiger partial charge in [0.25, 0.3) is 6.17 Å². The smallest absolute Gasteiger partial charge is 0.308 e. The Bertz CT molecular complexity index is 2130. The number of fused-ring (bicyclic) bond motifs is 6. The van der Waals surface area contributed by atoms with Crippen LogP contribution in [0.25, 0.3) is 43.7 Å². The van der Waals surface area contributed by atoms with Gasteiger partial charge in [-0.15, -0.1) is 4.68 Å². The molecular formula is C33H21N4O+. The molecule has 1 unspecified atom stereocenters. The molecule has 0 bridgehead atoms. The first-order chi connectivity index (χ1) is 18.8. The van der Waals surface area contributed by atoms with Gasteiger partial charge in [-0.05, 0) is 48.5 Å². The average molecular weight is 490 g/mol. The molecule has 178 valence electrons. The molecule has 0 saturated carbocycles. The Balaban J connectivity index is 1.48. The summed E-state index contributed by atoms with van der Waals surface area (Å²) in [7, 11) is 0. The van der Waals surface area contributed by atoms with Crippen LogP contribution in [0.15, 0.2) is 120 Å². The number of furan rings is 1. The molecule has 1 aliphatic rings. The number of para-hydroxylation sites is 2. The SMILES string of the molecule is N#Cc1cccc(C2NC(c3ccccc3)=[N+]2n2c3ccccc3c3cc4oc5ccccc5c4cc32)c1. The predicted molar refractivity (Wildman–Crippen MR) is 150 cm³/mol. The predicted octanol–water partition coefficient (Wildman–Crippen LogP) is 7.09. The Morgan fingerprint density at radius 1 is 0.684 bits per heavy atom. The highest BCUT2D eigenvalue weighted by atomic mass is 16.3. The van der Waals surface area contributed by atoms with Gasteiger partial charge in [-0.3, -0.25) is 0 Å². The molecular weight excluding hydrogens is 468 g/mol. The summed E-state index contributed by atoms with van der Waals surface area (Å²) < 4.78 is 10.9. The van der Waals surface area contributed by atoms with Gasteiger partial charge in [-0.25, -0.2) is 5.32 Å². The molecule has 3 heterocycles. The van der Waals surface area contributed by atoms with Crippen LogP contribution in [0.3, 0.4) is 0 Å². The summed E-state index contributed by atoms with van der Waals surface area (Å²) in [6, 6.07) is 41.6. The number of nitriles is 1. The van der Waals surface area contributed by atoms with Crippen LogP contribution >= 0.6 is 0 Å². The zero-order valence-electron chi connectivity index (χ0n) is 20.3. The fraction of sp³-hybridized carbons (Fsp3) is 0.0303. The molecule has 38 heavy (non-hydrogen) atoms. The molecule has 5 heteroatoms. The van der Waals surface area contributed by atoms with Gasteiger partial charge in [0.15, 0.2) is 0 Å². The summed E-state index contributed by atoms with van der Waals surface area (Å²) in [6.45, 7) is 0. The summed E-state index contributed by atoms with van der Waals surface area (Å²) in [6.07, 6.45) is -0.144. The maximum Gasteiger partial charge on any atom is 0.308 e. The maximum atomic E-state index is 9.56. The standard InChI is InChI=1S/C33H20N4O/c34-20-21-9-8-12-23(17-21)33-35-32(22-10-2-1-3-11-22)37(33)36-28-15-6-4-13-24(28)26-19-31-27(18-29(26)36)25-14-5-7-16-30(25)38-31/h1-19,33H/p+1. The Morgan fingerprint density at radius 3 is 2.34 bits per heavy atom. The lowest BCUT2D eigenvalue weighted by Gasteiger charge is -2.30. The third-order valence-corrected chi connectivity index (χ3v) is 7.49. The molecule has 0 radical (unpaired) electrons. The molecule has 5 aromatic carbocycles. The van der Waals surface area contributed by atoms with E-state index < -0.39 is 0 Å². The van der Waals surface area contributed by atoms with E-state index >= 15 is 0 Å². The van der Waals surface area contributed by atoms with Crippen LogP contribution in [-0.2, 0) is 0 Å². The van der Waals surface area contributed by atoms with Crippen LogP contribution in [0, 0.1) is 11.3 Å². The quantitative estimate of drug-likeness (QED) is 0.270. The Hall–Kier alpha value is -5.34. The van der Waals surface area contributed by atoms with Crippen molar-refractivity contribution < 1.29 is 9.10 Å². The van der Waals surface area contributed by atoms with Gasteiger partial charge < -0.3 is 4.42 Å². The van der Waals surface area contributed by atoms with E-state index in [-0.39, 0.29) is 6.17 Å². The number of hydrogen-bond acceptors (Lipinski definition) is 3. The summed E-state index contributed by atoms with van der Waals surface area (Å²) in [5.74, 6) is 1.01. The van der Waals surface area contributed by atoms with Crippen molar-refractivity contribution in [1.29, 1.82) is 5.26 Å². The van der Waals surface area contributed by atoms with E-state index in [2.05, 4.69) is 99.6 Å². The van der Waals surface area contributed by atoms with Crippen molar-refractivity contribution in [2.45, 2.75) is 6.17 Å². The third kappa shape index (κ3) is 2.89. The van der Waals surface area contributed by atoms with Gasteiger partial charge in [0.2, 0.25) is 0 Å². The monoisotopic (exact) mass is 489 g/mol. The minimum atomic E-state index is -0.144. The van der Waals surface area contributed by atoms with Gasteiger partial charge >= 0.3 is 5.84 Å². The molecule has 1 atom stereocenters. The molecule has 2 aromatic heterocycles. The first-order valence-electron chi connectivity index (χ1n) is 12.6. The summed E-state index contributed by atoms with van der Waals surface area (Å²) >= 11 is 0. The average Bonchev–Trinajstić information content (AvgIpc) is 3.47. The first-order valence-corrected chi connectivity index (χ1v) is 12.6. The lowest BCUT2D eigenvalue weighted by Crippen LogP contribution is -2.55. The number of aromatic nitrogens is 1. The molecule has 0 spiro atoms. The van der Waals surface area contributed by atoms with Crippen LogP contribution in [-0.4, -0.2) is 15.2 Å². The molecule has 5 nitrogen and oxygen atoms in total. The van der Waals surface area contributed by atoms with E-state index in [4.69, 9.17) is 4.42 Å². The van der Waals surface area contributed by atoms with Crippen molar-refractivity contribution in [3.63, 3.8) is 0 Å². The summed E-state index contributed by atoms with van der Waals surface area (Å²) in [5, 5.41) is 17.7. The van der Waals surface area contributed by atoms with E-state index in [1.54, 1.807) is 0 Å². The molecule has 0 aliphatic carbocycles. The zero-order chi connectivity index (χ0) is 25.2. The van der Waals surface area contributed by atoms with Crippen LogP contribution in [0.5, 0.6) is 0 Å². The van der Waals surface area contributed by atoms with Crippen LogP contribution in [0.4, 0.5) is 0 Å². The van der Waals surface area contributed by atoms with Crippen LogP contribution in [0.1, 0.15) is 22.9 Å². The van der Waals surface area contributed by atoms with Crippen molar-refractivity contribution in [2.24, 2.45) is 0 Å². The third-order valence-electron chi connectivity index (χ3n) is 7.49. The first kappa shape index (κ1) is 20.8. The fourth-order valence-electron chi connectivity index (χ4n) is 5.75. The molecule has 0 fully saturated rings. The molecule has 7 aromatic rings. The second kappa shape index (κ2) is 7.83. The van der Waals surface area contributed by atoms with E-state index in [0.717, 1.165) is 60.7 Å². The number of nitrogens with zero attached hydrogens (tertiary/aromatic N) is 3.